The second-order valence-corrected chi connectivity index (χ2v) is 23.1. The first-order chi connectivity index (χ1) is 20.5. The highest BCUT2D eigenvalue weighted by Gasteiger charge is 2.57. The molecule has 0 N–H and O–H groups in total. The Morgan fingerprint density at radius 2 is 0.826 bits per heavy atom. The molecule has 0 aromatic carbocycles. The number of carbonyl (C=O) groups excluding carboxylic acids is 4. The summed E-state index contributed by atoms with van der Waals surface area (Å²) in [5, 5.41) is 0. The van der Waals surface area contributed by atoms with Crippen LogP contribution >= 0.6 is 0 Å². The molecule has 0 aromatic heterocycles. The predicted octanol–water partition coefficient (Wildman–Crippen LogP) is 7.37. The maximum absolute atomic E-state index is 13.5. The molecule has 1 rings (SSSR count). The van der Waals surface area contributed by atoms with Crippen molar-refractivity contribution in [3.05, 3.63) is 0 Å². The fourth-order valence-corrected chi connectivity index (χ4v) is 10.9. The van der Waals surface area contributed by atoms with E-state index in [1.54, 1.807) is 83.1 Å². The van der Waals surface area contributed by atoms with Gasteiger partial charge in [-0.25, -0.2) is 0 Å². The van der Waals surface area contributed by atoms with Crippen LogP contribution < -0.4 is 0 Å². The summed E-state index contributed by atoms with van der Waals surface area (Å²) in [7, 11) is -2.48. The van der Waals surface area contributed by atoms with E-state index in [2.05, 4.69) is 41.5 Å². The van der Waals surface area contributed by atoms with Crippen LogP contribution in [0.25, 0.3) is 0 Å². The molecule has 0 bridgehead atoms. The number of hydrogen-bond acceptors (Lipinski definition) is 10. The topological polar surface area (TPSA) is 124 Å². The van der Waals surface area contributed by atoms with Gasteiger partial charge < -0.3 is 28.1 Å². The Bertz CT molecular complexity index is 1050. The van der Waals surface area contributed by atoms with Gasteiger partial charge in [0.25, 0.3) is 0 Å². The molecule has 1 aliphatic rings. The second kappa shape index (κ2) is 15.1. The van der Waals surface area contributed by atoms with Gasteiger partial charge in [-0.15, -0.1) is 0 Å². The highest BCUT2D eigenvalue weighted by Crippen LogP contribution is 2.43. The van der Waals surface area contributed by atoms with Crippen LogP contribution in [0, 0.1) is 21.7 Å². The number of ether oxygens (including phenoxy) is 5. The van der Waals surface area contributed by atoms with Gasteiger partial charge >= 0.3 is 23.9 Å². The number of carbonyl (C=O) groups is 4. The van der Waals surface area contributed by atoms with E-state index < -0.39 is 84.6 Å². The molecule has 0 aromatic rings. The Balaban J connectivity index is 3.98. The first kappa shape index (κ1) is 42.0. The van der Waals surface area contributed by atoms with Crippen LogP contribution in [0.5, 0.6) is 0 Å². The number of rotatable bonds is 10. The quantitative estimate of drug-likeness (QED) is 0.132. The summed E-state index contributed by atoms with van der Waals surface area (Å²) in [4.78, 5) is 53.6. The van der Waals surface area contributed by atoms with Crippen molar-refractivity contribution in [3.8, 4) is 0 Å². The molecule has 5 atom stereocenters. The van der Waals surface area contributed by atoms with E-state index >= 15 is 0 Å². The van der Waals surface area contributed by atoms with Crippen molar-refractivity contribution in [2.45, 2.75) is 172 Å². The van der Waals surface area contributed by atoms with Crippen LogP contribution in [0.4, 0.5) is 0 Å². The minimum absolute atomic E-state index is 0.0318. The van der Waals surface area contributed by atoms with E-state index in [-0.39, 0.29) is 23.2 Å². The Labute approximate surface area is 279 Å². The third-order valence-electron chi connectivity index (χ3n) is 8.20. The molecular weight excluding hydrogens is 608 g/mol. The smallest absolute Gasteiger partial charge is 0.313 e. The fourth-order valence-electron chi connectivity index (χ4n) is 5.42. The minimum Gasteiger partial charge on any atom is -0.455 e. The lowest BCUT2D eigenvalue weighted by atomic mass is 9.93. The van der Waals surface area contributed by atoms with Crippen molar-refractivity contribution in [1.29, 1.82) is 0 Å². The van der Waals surface area contributed by atoms with E-state index in [0.717, 1.165) is 0 Å². The standard InChI is InChI=1S/C35H64O10Si/c1-20(2)46(21(3)4,22(5)6)40-19-23-24(42-28(36)32(7,8)9)25(43-29(37)33(10,11)12)26(44-30(38)34(13,14)15)27(41-23)45-31(39)35(16,17)18/h20-27H,19H2,1-18H3/t23?,24-,25-,26?,27-/m1/s1. The molecule has 10 nitrogen and oxygen atoms in total. The van der Waals surface area contributed by atoms with Gasteiger partial charge in [-0.2, -0.15) is 0 Å². The molecule has 1 aliphatic heterocycles. The fraction of sp³-hybridized carbons (Fsp3) is 0.886. The van der Waals surface area contributed by atoms with Crippen LogP contribution in [0.3, 0.4) is 0 Å². The number of esters is 4. The summed E-state index contributed by atoms with van der Waals surface area (Å²) in [5.41, 5.74) is -3.09. The van der Waals surface area contributed by atoms with E-state index in [1.165, 1.54) is 0 Å². The van der Waals surface area contributed by atoms with Gasteiger partial charge in [0.1, 0.15) is 6.10 Å². The zero-order valence-electron chi connectivity index (χ0n) is 31.9. The van der Waals surface area contributed by atoms with E-state index in [0.29, 0.717) is 0 Å². The van der Waals surface area contributed by atoms with Gasteiger partial charge in [0.2, 0.25) is 12.4 Å². The molecule has 1 heterocycles. The van der Waals surface area contributed by atoms with Crippen molar-refractivity contribution in [3.63, 3.8) is 0 Å². The molecule has 0 saturated carbocycles. The third kappa shape index (κ3) is 10.5. The van der Waals surface area contributed by atoms with Gasteiger partial charge in [0, 0.05) is 0 Å². The van der Waals surface area contributed by atoms with Crippen molar-refractivity contribution in [1.82, 2.24) is 0 Å². The largest absolute Gasteiger partial charge is 0.455 e. The molecule has 0 radical (unpaired) electrons. The van der Waals surface area contributed by atoms with Crippen molar-refractivity contribution in [2.75, 3.05) is 6.61 Å². The molecule has 0 aliphatic carbocycles. The summed E-state index contributed by atoms with van der Waals surface area (Å²) in [6, 6.07) is 0. The molecule has 1 saturated heterocycles. The van der Waals surface area contributed by atoms with Gasteiger partial charge in [0.15, 0.2) is 20.5 Å². The van der Waals surface area contributed by atoms with Crippen molar-refractivity contribution in [2.24, 2.45) is 21.7 Å². The lowest BCUT2D eigenvalue weighted by Crippen LogP contribution is -2.65. The Morgan fingerprint density at radius 3 is 1.15 bits per heavy atom. The molecular formula is C35H64O10Si. The molecule has 0 amide bonds. The highest BCUT2D eigenvalue weighted by atomic mass is 28.4. The Hall–Kier alpha value is -1.98. The SMILES string of the molecule is CC(C)[Si](OCC1O[C@H](OC(=O)C(C)(C)C)C(OC(=O)C(C)(C)C)[C@H](OC(=O)C(C)(C)C)[C@@H]1OC(=O)C(C)(C)C)(C(C)C)C(C)C. The average molecular weight is 673 g/mol. The summed E-state index contributed by atoms with van der Waals surface area (Å²) in [5.74, 6) is -2.45. The Morgan fingerprint density at radius 1 is 0.522 bits per heavy atom. The third-order valence-corrected chi connectivity index (χ3v) is 14.3. The first-order valence-electron chi connectivity index (χ1n) is 16.6. The number of hydrogen-bond donors (Lipinski definition) is 0. The summed E-state index contributed by atoms with van der Waals surface area (Å²) < 4.78 is 37.4. The molecule has 46 heavy (non-hydrogen) atoms. The lowest BCUT2D eigenvalue weighted by molar-refractivity contribution is -0.305. The van der Waals surface area contributed by atoms with E-state index in [4.69, 9.17) is 28.1 Å². The monoisotopic (exact) mass is 672 g/mol. The van der Waals surface area contributed by atoms with Crippen LogP contribution in [0.2, 0.25) is 16.6 Å². The summed E-state index contributed by atoms with van der Waals surface area (Å²) >= 11 is 0. The predicted molar refractivity (Wildman–Crippen MR) is 179 cm³/mol. The van der Waals surface area contributed by atoms with Crippen LogP contribution in [0.15, 0.2) is 0 Å². The van der Waals surface area contributed by atoms with Crippen LogP contribution in [-0.2, 0) is 47.3 Å². The van der Waals surface area contributed by atoms with Crippen molar-refractivity contribution >= 4 is 32.2 Å². The highest BCUT2D eigenvalue weighted by molar-refractivity contribution is 6.77. The Kier molecular flexibility index (Phi) is 13.8. The molecule has 2 unspecified atom stereocenters. The van der Waals surface area contributed by atoms with Crippen LogP contribution in [-0.4, -0.2) is 69.5 Å². The van der Waals surface area contributed by atoms with Gasteiger partial charge in [-0.1, -0.05) is 41.5 Å². The maximum atomic E-state index is 13.5. The van der Waals surface area contributed by atoms with Gasteiger partial charge in [-0.3, -0.25) is 19.2 Å². The molecule has 0 spiro atoms. The molecule has 1 fully saturated rings. The molecule has 268 valence electrons. The summed E-state index contributed by atoms with van der Waals surface area (Å²) in [6.45, 7) is 33.1. The van der Waals surface area contributed by atoms with E-state index in [9.17, 15) is 19.2 Å². The second-order valence-electron chi connectivity index (χ2n) is 17.7. The lowest BCUT2D eigenvalue weighted by Gasteiger charge is -2.48. The van der Waals surface area contributed by atoms with Crippen molar-refractivity contribution < 1.29 is 47.3 Å². The van der Waals surface area contributed by atoms with E-state index in [1.807, 2.05) is 0 Å². The maximum Gasteiger partial charge on any atom is 0.313 e. The average Bonchev–Trinajstić information content (AvgIpc) is 2.84. The van der Waals surface area contributed by atoms with Gasteiger partial charge in [-0.05, 0) is 99.7 Å². The minimum atomic E-state index is -2.48. The van der Waals surface area contributed by atoms with Crippen LogP contribution in [0.1, 0.15) is 125 Å². The normalized spacial score (nSPS) is 23.4. The zero-order valence-corrected chi connectivity index (χ0v) is 32.9. The first-order valence-corrected chi connectivity index (χ1v) is 18.8. The van der Waals surface area contributed by atoms with Gasteiger partial charge in [0.05, 0.1) is 28.3 Å². The molecule has 11 heteroatoms. The summed E-state index contributed by atoms with van der Waals surface area (Å²) in [6.07, 6.45) is -6.59. The zero-order chi connectivity index (χ0) is 36.4.